The third-order valence-electron chi connectivity index (χ3n) is 6.05. The van der Waals surface area contributed by atoms with E-state index in [4.69, 9.17) is 4.98 Å². The first kappa shape index (κ1) is 17.3. The van der Waals surface area contributed by atoms with E-state index >= 15 is 0 Å². The number of nitrogens with zero attached hydrogens (tertiary/aromatic N) is 7. The maximum absolute atomic E-state index is 12.4. The van der Waals surface area contributed by atoms with Crippen molar-refractivity contribution in [2.75, 3.05) is 18.0 Å². The second-order valence-corrected chi connectivity index (χ2v) is 8.02. The van der Waals surface area contributed by atoms with Crippen LogP contribution in [0.2, 0.25) is 0 Å². The predicted octanol–water partition coefficient (Wildman–Crippen LogP) is 1.63. The average molecular weight is 379 g/mol. The van der Waals surface area contributed by atoms with Crippen molar-refractivity contribution in [1.29, 1.82) is 0 Å². The standard InChI is InChI=1S/C20H25N7O/c1-13-22-19-16(11-21-25(19)2)20(23-13)26-8-6-14(7-9-26)12-27-18(28)10-15-4-3-5-17(15)24-27/h10-11,14H,3-9,12H2,1-2H3. The van der Waals surface area contributed by atoms with Gasteiger partial charge in [0.25, 0.3) is 5.56 Å². The molecule has 0 saturated carbocycles. The lowest BCUT2D eigenvalue weighted by Crippen LogP contribution is -2.37. The first-order chi connectivity index (χ1) is 13.6. The van der Waals surface area contributed by atoms with Crippen molar-refractivity contribution in [3.05, 3.63) is 39.7 Å². The van der Waals surface area contributed by atoms with E-state index in [2.05, 4.69) is 20.1 Å². The smallest absolute Gasteiger partial charge is 0.267 e. The number of rotatable bonds is 3. The highest BCUT2D eigenvalue weighted by Gasteiger charge is 2.24. The molecule has 1 aliphatic carbocycles. The molecule has 0 radical (unpaired) electrons. The number of fused-ring (bicyclic) bond motifs is 2. The van der Waals surface area contributed by atoms with E-state index in [1.807, 2.05) is 20.2 Å². The second-order valence-electron chi connectivity index (χ2n) is 8.02. The molecule has 1 aliphatic heterocycles. The molecule has 1 saturated heterocycles. The first-order valence-corrected chi connectivity index (χ1v) is 10.1. The van der Waals surface area contributed by atoms with Gasteiger partial charge in [-0.3, -0.25) is 9.48 Å². The summed E-state index contributed by atoms with van der Waals surface area (Å²) in [5.41, 5.74) is 3.19. The van der Waals surface area contributed by atoms with E-state index < -0.39 is 0 Å². The zero-order valence-corrected chi connectivity index (χ0v) is 16.4. The Labute approximate surface area is 163 Å². The largest absolute Gasteiger partial charge is 0.356 e. The minimum absolute atomic E-state index is 0.0478. The van der Waals surface area contributed by atoms with Crippen LogP contribution in [-0.4, -0.2) is 42.6 Å². The van der Waals surface area contributed by atoms with Crippen LogP contribution >= 0.6 is 0 Å². The van der Waals surface area contributed by atoms with Gasteiger partial charge in [0.2, 0.25) is 0 Å². The summed E-state index contributed by atoms with van der Waals surface area (Å²) in [5, 5.41) is 9.98. The van der Waals surface area contributed by atoms with Crippen molar-refractivity contribution in [2.24, 2.45) is 13.0 Å². The fraction of sp³-hybridized carbons (Fsp3) is 0.550. The van der Waals surface area contributed by atoms with Gasteiger partial charge in [0, 0.05) is 32.7 Å². The van der Waals surface area contributed by atoms with Crippen molar-refractivity contribution >= 4 is 16.9 Å². The maximum Gasteiger partial charge on any atom is 0.267 e. The van der Waals surface area contributed by atoms with E-state index in [0.29, 0.717) is 12.5 Å². The fourth-order valence-electron chi connectivity index (χ4n) is 4.50. The van der Waals surface area contributed by atoms with Crippen LogP contribution in [0.1, 0.15) is 36.3 Å². The van der Waals surface area contributed by atoms with Gasteiger partial charge >= 0.3 is 0 Å². The lowest BCUT2D eigenvalue weighted by molar-refractivity contribution is 0.333. The summed E-state index contributed by atoms with van der Waals surface area (Å²) in [7, 11) is 1.91. The monoisotopic (exact) mass is 379 g/mol. The Hall–Kier alpha value is -2.77. The van der Waals surface area contributed by atoms with Gasteiger partial charge in [-0.15, -0.1) is 0 Å². The van der Waals surface area contributed by atoms with Gasteiger partial charge in [0.1, 0.15) is 11.6 Å². The van der Waals surface area contributed by atoms with Crippen LogP contribution in [0.3, 0.4) is 0 Å². The molecule has 2 aliphatic rings. The van der Waals surface area contributed by atoms with Gasteiger partial charge in [0.05, 0.1) is 17.3 Å². The van der Waals surface area contributed by atoms with E-state index in [0.717, 1.165) is 79.1 Å². The van der Waals surface area contributed by atoms with Crippen molar-refractivity contribution in [3.8, 4) is 0 Å². The SMILES string of the molecule is Cc1nc(N2CCC(Cn3nc4c(cc3=O)CCC4)CC2)c2cnn(C)c2n1. The normalized spacial score (nSPS) is 17.4. The van der Waals surface area contributed by atoms with Crippen molar-refractivity contribution in [2.45, 2.75) is 45.6 Å². The molecule has 0 spiro atoms. The third-order valence-corrected chi connectivity index (χ3v) is 6.05. The molecule has 0 N–H and O–H groups in total. The van der Waals surface area contributed by atoms with Gasteiger partial charge in [-0.25, -0.2) is 14.6 Å². The average Bonchev–Trinajstić information content (AvgIpc) is 3.29. The molecule has 0 unspecified atom stereocenters. The Kier molecular flexibility index (Phi) is 4.14. The number of anilines is 1. The molecule has 8 nitrogen and oxygen atoms in total. The minimum atomic E-state index is 0.0478. The van der Waals surface area contributed by atoms with Crippen LogP contribution in [0, 0.1) is 12.8 Å². The lowest BCUT2D eigenvalue weighted by Gasteiger charge is -2.33. The number of aromatic nitrogens is 6. The summed E-state index contributed by atoms with van der Waals surface area (Å²) >= 11 is 0. The zero-order chi connectivity index (χ0) is 19.3. The highest BCUT2D eigenvalue weighted by Crippen LogP contribution is 2.28. The summed E-state index contributed by atoms with van der Waals surface area (Å²) in [6, 6.07) is 1.80. The van der Waals surface area contributed by atoms with Gasteiger partial charge < -0.3 is 4.90 Å². The minimum Gasteiger partial charge on any atom is -0.356 e. The predicted molar refractivity (Wildman–Crippen MR) is 107 cm³/mol. The summed E-state index contributed by atoms with van der Waals surface area (Å²) in [6.45, 7) is 4.48. The highest BCUT2D eigenvalue weighted by atomic mass is 16.1. The topological polar surface area (TPSA) is 81.7 Å². The molecule has 0 bridgehead atoms. The molecule has 28 heavy (non-hydrogen) atoms. The van der Waals surface area contributed by atoms with Gasteiger partial charge in [0.15, 0.2) is 5.65 Å². The van der Waals surface area contributed by atoms with Crippen LogP contribution in [0.5, 0.6) is 0 Å². The lowest BCUT2D eigenvalue weighted by atomic mass is 9.96. The van der Waals surface area contributed by atoms with Crippen LogP contribution < -0.4 is 10.5 Å². The van der Waals surface area contributed by atoms with E-state index in [9.17, 15) is 4.79 Å². The van der Waals surface area contributed by atoms with Crippen molar-refractivity contribution in [1.82, 2.24) is 29.5 Å². The quantitative estimate of drug-likeness (QED) is 0.688. The van der Waals surface area contributed by atoms with E-state index in [1.165, 1.54) is 0 Å². The summed E-state index contributed by atoms with van der Waals surface area (Å²) in [6.07, 6.45) is 7.02. The van der Waals surface area contributed by atoms with Crippen LogP contribution in [0.4, 0.5) is 5.82 Å². The molecule has 0 aromatic carbocycles. The Bertz CT molecular complexity index is 1090. The molecule has 0 amide bonds. The molecule has 0 atom stereocenters. The fourth-order valence-corrected chi connectivity index (χ4v) is 4.50. The number of piperidine rings is 1. The molecule has 4 heterocycles. The molecule has 3 aromatic rings. The maximum atomic E-state index is 12.4. The van der Waals surface area contributed by atoms with E-state index in [-0.39, 0.29) is 5.56 Å². The summed E-state index contributed by atoms with van der Waals surface area (Å²) in [4.78, 5) is 23.9. The Balaban J connectivity index is 1.32. The molecule has 1 fully saturated rings. The molecule has 3 aromatic heterocycles. The molecular formula is C20H25N7O. The van der Waals surface area contributed by atoms with Crippen molar-refractivity contribution < 1.29 is 0 Å². The summed E-state index contributed by atoms with van der Waals surface area (Å²) in [5.74, 6) is 2.21. The number of hydrogen-bond acceptors (Lipinski definition) is 6. The zero-order valence-electron chi connectivity index (χ0n) is 16.4. The number of hydrogen-bond donors (Lipinski definition) is 0. The van der Waals surface area contributed by atoms with Gasteiger partial charge in [-0.05, 0) is 50.5 Å². The molecule has 146 valence electrons. The van der Waals surface area contributed by atoms with E-state index in [1.54, 1.807) is 15.4 Å². The van der Waals surface area contributed by atoms with Gasteiger partial charge in [-0.1, -0.05) is 0 Å². The third kappa shape index (κ3) is 2.96. The Morgan fingerprint density at radius 1 is 1.18 bits per heavy atom. The first-order valence-electron chi connectivity index (χ1n) is 10.1. The second kappa shape index (κ2) is 6.68. The molecule has 8 heteroatoms. The summed E-state index contributed by atoms with van der Waals surface area (Å²) < 4.78 is 3.49. The van der Waals surface area contributed by atoms with Crippen LogP contribution in [0.25, 0.3) is 11.0 Å². The highest BCUT2D eigenvalue weighted by molar-refractivity contribution is 5.87. The molecular weight excluding hydrogens is 354 g/mol. The van der Waals surface area contributed by atoms with Crippen molar-refractivity contribution in [3.63, 3.8) is 0 Å². The Morgan fingerprint density at radius 3 is 2.82 bits per heavy atom. The van der Waals surface area contributed by atoms with Crippen LogP contribution in [-0.2, 0) is 26.4 Å². The molecule has 5 rings (SSSR count). The van der Waals surface area contributed by atoms with Crippen LogP contribution in [0.15, 0.2) is 17.1 Å². The number of aryl methyl sites for hydroxylation is 4. The van der Waals surface area contributed by atoms with Gasteiger partial charge in [-0.2, -0.15) is 10.2 Å². The Morgan fingerprint density at radius 2 is 2.00 bits per heavy atom.